The van der Waals surface area contributed by atoms with Crippen LogP contribution in [0.25, 0.3) is 0 Å². The third-order valence-corrected chi connectivity index (χ3v) is 1.63. The molecule has 0 unspecified atom stereocenters. The molecule has 8 heavy (non-hydrogen) atoms. The molecule has 0 aromatic heterocycles. The van der Waals surface area contributed by atoms with Crippen molar-refractivity contribution in [3.05, 3.63) is 0 Å². The molecule has 0 aliphatic carbocycles. The van der Waals surface area contributed by atoms with E-state index >= 15 is 0 Å². The molecule has 0 saturated heterocycles. The van der Waals surface area contributed by atoms with Crippen LogP contribution in [0.3, 0.4) is 0 Å². The molecule has 0 fully saturated rings. The van der Waals surface area contributed by atoms with Gasteiger partial charge in [-0.1, -0.05) is 6.04 Å². The van der Waals surface area contributed by atoms with Gasteiger partial charge in [0.2, 0.25) is 5.91 Å². The maximum atomic E-state index is 10.4. The van der Waals surface area contributed by atoms with Crippen molar-refractivity contribution >= 4 is 16.1 Å². The second kappa shape index (κ2) is 4.80. The van der Waals surface area contributed by atoms with E-state index in [9.17, 15) is 4.79 Å². The summed E-state index contributed by atoms with van der Waals surface area (Å²) in [5.41, 5.74) is 2.08. The molecule has 3 nitrogen and oxygen atoms in total. The predicted octanol–water partition coefficient (Wildman–Crippen LogP) is -1.46. The van der Waals surface area contributed by atoms with E-state index in [0.717, 1.165) is 6.42 Å². The fourth-order valence-corrected chi connectivity index (χ4v) is 0.763. The van der Waals surface area contributed by atoms with Gasteiger partial charge in [-0.15, -0.1) is 0 Å². The van der Waals surface area contributed by atoms with Crippen molar-refractivity contribution < 1.29 is 4.79 Å². The van der Waals surface area contributed by atoms with Gasteiger partial charge in [0.25, 0.3) is 0 Å². The Labute approximate surface area is 52.0 Å². The summed E-state index contributed by atoms with van der Waals surface area (Å²) in [6, 6.07) is 1.17. The predicted molar refractivity (Wildman–Crippen MR) is 36.3 cm³/mol. The Balaban J connectivity index is 2.99. The topological polar surface area (TPSA) is 55.1 Å². The summed E-state index contributed by atoms with van der Waals surface area (Å²) in [4.78, 5) is 10.4. The highest BCUT2D eigenvalue weighted by molar-refractivity contribution is 6.08. The minimum atomic E-state index is -0.0548. The molecule has 0 aliphatic heterocycles. The third-order valence-electron chi connectivity index (χ3n) is 0.918. The number of carbonyl (C=O) groups excluding carboxylic acids is 1. The van der Waals surface area contributed by atoms with E-state index in [-0.39, 0.29) is 5.91 Å². The van der Waals surface area contributed by atoms with Gasteiger partial charge in [0.15, 0.2) is 0 Å². The Kier molecular flexibility index (Phi) is 4.59. The van der Waals surface area contributed by atoms with Crippen molar-refractivity contribution in [1.82, 2.24) is 5.43 Å². The van der Waals surface area contributed by atoms with Crippen LogP contribution in [0.1, 0.15) is 12.8 Å². The highest BCUT2D eigenvalue weighted by Crippen LogP contribution is 1.89. The molecule has 0 bridgehead atoms. The van der Waals surface area contributed by atoms with Gasteiger partial charge in [-0.25, -0.2) is 5.84 Å². The van der Waals surface area contributed by atoms with E-state index in [1.807, 2.05) is 0 Å². The average molecular weight is 132 g/mol. The van der Waals surface area contributed by atoms with E-state index in [1.165, 1.54) is 16.3 Å². The van der Waals surface area contributed by atoms with E-state index in [4.69, 9.17) is 5.84 Å². The Morgan fingerprint density at radius 2 is 2.38 bits per heavy atom. The van der Waals surface area contributed by atoms with Crippen molar-refractivity contribution in [2.24, 2.45) is 5.84 Å². The normalized spacial score (nSPS) is 9.12. The van der Waals surface area contributed by atoms with Crippen LogP contribution in [0, 0.1) is 0 Å². The summed E-state index contributed by atoms with van der Waals surface area (Å²) >= 11 is 0. The molecule has 3 N–H and O–H groups in total. The van der Waals surface area contributed by atoms with Crippen LogP contribution in [0.15, 0.2) is 0 Å². The standard InChI is InChI=1S/C4H12N2OSi/c5-6-4(7)2-1-3-8/h1-3,5H2,8H3,(H,6,7). The van der Waals surface area contributed by atoms with Crippen LogP contribution < -0.4 is 11.3 Å². The van der Waals surface area contributed by atoms with Crippen LogP contribution in [-0.2, 0) is 4.79 Å². The Morgan fingerprint density at radius 1 is 1.75 bits per heavy atom. The summed E-state index contributed by atoms with van der Waals surface area (Å²) in [5.74, 6) is 4.77. The molecular weight excluding hydrogens is 120 g/mol. The zero-order valence-electron chi connectivity index (χ0n) is 5.11. The molecule has 4 heteroatoms. The van der Waals surface area contributed by atoms with Gasteiger partial charge in [0.05, 0.1) is 0 Å². The number of nitrogens with one attached hydrogen (secondary N) is 1. The largest absolute Gasteiger partial charge is 0.294 e. The zero-order chi connectivity index (χ0) is 6.41. The minimum Gasteiger partial charge on any atom is -0.294 e. The van der Waals surface area contributed by atoms with Crippen molar-refractivity contribution in [2.45, 2.75) is 18.9 Å². The van der Waals surface area contributed by atoms with Crippen molar-refractivity contribution in [2.75, 3.05) is 0 Å². The number of rotatable bonds is 3. The maximum absolute atomic E-state index is 10.4. The Bertz CT molecular complexity index is 76.4. The molecule has 1 amide bonds. The monoisotopic (exact) mass is 132 g/mol. The first kappa shape index (κ1) is 7.65. The fraction of sp³-hybridized carbons (Fsp3) is 0.750. The molecule has 0 atom stereocenters. The van der Waals surface area contributed by atoms with E-state index in [0.29, 0.717) is 6.42 Å². The summed E-state index contributed by atoms with van der Waals surface area (Å²) < 4.78 is 0. The lowest BCUT2D eigenvalue weighted by Gasteiger charge is -1.93. The molecular formula is C4H12N2OSi. The number of amides is 1. The van der Waals surface area contributed by atoms with Gasteiger partial charge in [0.1, 0.15) is 0 Å². The molecule has 0 aliphatic rings. The molecule has 0 saturated carbocycles. The molecule has 0 rings (SSSR count). The summed E-state index contributed by atoms with van der Waals surface area (Å²) in [6.07, 6.45) is 1.56. The van der Waals surface area contributed by atoms with Gasteiger partial charge in [0, 0.05) is 16.7 Å². The second-order valence-electron chi connectivity index (χ2n) is 1.67. The van der Waals surface area contributed by atoms with Crippen LogP contribution >= 0.6 is 0 Å². The fourth-order valence-electron chi connectivity index (χ4n) is 0.410. The quantitative estimate of drug-likeness (QED) is 0.213. The Morgan fingerprint density at radius 3 is 2.75 bits per heavy atom. The third kappa shape index (κ3) is 3.82. The number of hydrazine groups is 1. The highest BCUT2D eigenvalue weighted by atomic mass is 28.1. The number of carbonyl (C=O) groups is 1. The van der Waals surface area contributed by atoms with Gasteiger partial charge in [-0.2, -0.15) is 0 Å². The second-order valence-corrected chi connectivity index (χ2v) is 2.67. The smallest absolute Gasteiger partial charge is 0.233 e. The molecule has 0 aromatic rings. The van der Waals surface area contributed by atoms with Crippen LogP contribution in [0.5, 0.6) is 0 Å². The van der Waals surface area contributed by atoms with Gasteiger partial charge < -0.3 is 0 Å². The molecule has 48 valence electrons. The maximum Gasteiger partial charge on any atom is 0.233 e. The van der Waals surface area contributed by atoms with E-state index < -0.39 is 0 Å². The molecule has 0 radical (unpaired) electrons. The van der Waals surface area contributed by atoms with Gasteiger partial charge in [-0.05, 0) is 6.42 Å². The first-order chi connectivity index (χ1) is 3.81. The summed E-state index contributed by atoms with van der Waals surface area (Å²) in [7, 11) is 1.18. The lowest BCUT2D eigenvalue weighted by molar-refractivity contribution is -0.121. The number of nitrogens with two attached hydrogens (primary N) is 1. The molecule has 0 spiro atoms. The number of hydrogen-bond acceptors (Lipinski definition) is 2. The lowest BCUT2D eigenvalue weighted by Crippen LogP contribution is -2.29. The zero-order valence-corrected chi connectivity index (χ0v) is 7.11. The highest BCUT2D eigenvalue weighted by Gasteiger charge is 1.93. The number of hydrogen-bond donors (Lipinski definition) is 2. The van der Waals surface area contributed by atoms with Crippen molar-refractivity contribution in [3.63, 3.8) is 0 Å². The average Bonchev–Trinajstić information content (AvgIpc) is 1.83. The molecule has 0 heterocycles. The van der Waals surface area contributed by atoms with E-state index in [1.54, 1.807) is 0 Å². The van der Waals surface area contributed by atoms with Crippen molar-refractivity contribution in [1.29, 1.82) is 0 Å². The van der Waals surface area contributed by atoms with Crippen LogP contribution in [-0.4, -0.2) is 16.1 Å². The minimum absolute atomic E-state index is 0.0548. The SMILES string of the molecule is NNC(=O)CCC[SiH3]. The first-order valence-corrected chi connectivity index (χ1v) is 4.22. The summed E-state index contributed by atoms with van der Waals surface area (Å²) in [6.45, 7) is 0. The van der Waals surface area contributed by atoms with Gasteiger partial charge >= 0.3 is 0 Å². The summed E-state index contributed by atoms with van der Waals surface area (Å²) in [5, 5.41) is 0. The van der Waals surface area contributed by atoms with Crippen molar-refractivity contribution in [3.8, 4) is 0 Å². The van der Waals surface area contributed by atoms with Crippen LogP contribution in [0.2, 0.25) is 6.04 Å². The van der Waals surface area contributed by atoms with E-state index in [2.05, 4.69) is 5.43 Å². The molecule has 0 aromatic carbocycles. The lowest BCUT2D eigenvalue weighted by atomic mass is 10.3. The first-order valence-electron chi connectivity index (χ1n) is 2.80. The van der Waals surface area contributed by atoms with Gasteiger partial charge in [-0.3, -0.25) is 10.2 Å². The Hall–Kier alpha value is -0.353. The van der Waals surface area contributed by atoms with Crippen LogP contribution in [0.4, 0.5) is 0 Å².